The molecule has 2 rings (SSSR count). The van der Waals surface area contributed by atoms with E-state index in [9.17, 15) is 136 Å². The number of amides is 17. The Hall–Kier alpha value is -12.6. The van der Waals surface area contributed by atoms with Gasteiger partial charge in [-0.2, -0.15) is 0 Å². The van der Waals surface area contributed by atoms with Gasteiger partial charge in [0, 0.05) is 32.2 Å². The highest BCUT2D eigenvalue weighted by molar-refractivity contribution is 6.02. The van der Waals surface area contributed by atoms with E-state index in [-0.39, 0.29) is 63.7 Å². The summed E-state index contributed by atoms with van der Waals surface area (Å²) in [6, 6.07) is -17.8. The van der Waals surface area contributed by atoms with Crippen LogP contribution in [-0.2, 0) is 112 Å². The first kappa shape index (κ1) is 100. The third-order valence-corrected chi connectivity index (χ3v) is 17.4. The minimum Gasteiger partial charge on any atom is -0.481 e. The minimum absolute atomic E-state index is 0.0381. The lowest BCUT2D eigenvalue weighted by molar-refractivity contribution is -0.144. The largest absolute Gasteiger partial charge is 0.481 e. The van der Waals surface area contributed by atoms with E-state index in [0.717, 1.165) is 4.90 Å². The number of aliphatic carboxylic acids is 5. The van der Waals surface area contributed by atoms with Crippen LogP contribution < -0.4 is 104 Å². The lowest BCUT2D eigenvalue weighted by Gasteiger charge is -2.30. The van der Waals surface area contributed by atoms with Gasteiger partial charge in [0.25, 0.3) is 0 Å². The normalized spacial score (nSPS) is 15.5. The molecule has 1 heterocycles. The number of hydrogen-bond acceptors (Lipinski definition) is 27. The van der Waals surface area contributed by atoms with Gasteiger partial charge in [-0.15, -0.1) is 0 Å². The molecule has 17 amide bonds. The van der Waals surface area contributed by atoms with Gasteiger partial charge in [-0.25, -0.2) is 4.79 Å². The van der Waals surface area contributed by atoms with Crippen LogP contribution in [0.3, 0.4) is 0 Å². The summed E-state index contributed by atoms with van der Waals surface area (Å²) >= 11 is 0. The zero-order valence-electron chi connectivity index (χ0n) is 63.7. The first-order valence-corrected chi connectivity index (χ1v) is 36.6. The summed E-state index contributed by atoms with van der Waals surface area (Å²) in [4.78, 5) is 287. The molecule has 1 aromatic rings. The molecule has 0 aliphatic carbocycles. The van der Waals surface area contributed by atoms with Crippen LogP contribution in [0.2, 0.25) is 0 Å². The number of likely N-dealkylation sites (tertiary alicyclic amines) is 1. The highest BCUT2D eigenvalue weighted by Crippen LogP contribution is 2.21. The highest BCUT2D eigenvalue weighted by Gasteiger charge is 2.42. The molecule has 0 aromatic heterocycles. The average Bonchev–Trinajstić information content (AvgIpc) is 1.20. The number of carboxylic acid groups (broad SMARTS) is 5. The molecule has 1 aliphatic heterocycles. The van der Waals surface area contributed by atoms with Crippen molar-refractivity contribution in [2.45, 2.75) is 214 Å². The zero-order valence-corrected chi connectivity index (χ0v) is 63.7. The second kappa shape index (κ2) is 52.0. The summed E-state index contributed by atoms with van der Waals surface area (Å²) in [6.45, 7) is -2.15. The molecule has 1 fully saturated rings. The Morgan fingerprint density at radius 3 is 1.27 bits per heavy atom. The summed E-state index contributed by atoms with van der Waals surface area (Å²) in [5, 5.41) is 96.5. The quantitative estimate of drug-likeness (QED) is 0.0269. The van der Waals surface area contributed by atoms with Crippen molar-refractivity contribution in [2.24, 2.45) is 34.4 Å². The van der Waals surface area contributed by atoms with E-state index in [0.29, 0.717) is 19.3 Å². The molecule has 1 aromatic carbocycles. The Balaban J connectivity index is 2.36. The number of carboxylic acids is 5. The summed E-state index contributed by atoms with van der Waals surface area (Å²) in [7, 11) is 0. The highest BCUT2D eigenvalue weighted by atomic mass is 16.4. The Bertz CT molecular complexity index is 3720. The van der Waals surface area contributed by atoms with Crippen LogP contribution in [0.15, 0.2) is 30.3 Å². The third kappa shape index (κ3) is 37.9. The second-order valence-electron chi connectivity index (χ2n) is 26.8. The molecular formula is C68H104N20O29. The molecule has 0 bridgehead atoms. The van der Waals surface area contributed by atoms with Crippen LogP contribution >= 0.6 is 0 Å². The molecule has 49 nitrogen and oxygen atoms in total. The topological polar surface area (TPSA) is 833 Å². The molecule has 0 saturated carbocycles. The Morgan fingerprint density at radius 2 is 0.795 bits per heavy atom. The monoisotopic (exact) mass is 1660 g/mol. The zero-order chi connectivity index (χ0) is 88.3. The van der Waals surface area contributed by atoms with Crippen LogP contribution in [0.4, 0.5) is 0 Å². The van der Waals surface area contributed by atoms with Gasteiger partial charge in [0.15, 0.2) is 0 Å². The van der Waals surface area contributed by atoms with Gasteiger partial charge in [-0.05, 0) is 96.2 Å². The number of aliphatic hydroxyl groups is 2. The van der Waals surface area contributed by atoms with E-state index in [1.54, 1.807) is 6.07 Å². The third-order valence-electron chi connectivity index (χ3n) is 17.4. The van der Waals surface area contributed by atoms with Crippen molar-refractivity contribution in [1.29, 1.82) is 0 Å². The number of unbranched alkanes of at least 4 members (excludes halogenated alkanes) is 2. The summed E-state index contributed by atoms with van der Waals surface area (Å²) in [5.41, 5.74) is 33.2. The molecule has 14 atom stereocenters. The number of nitrogens with zero attached hydrogens (tertiary/aromatic N) is 1. The maximum absolute atomic E-state index is 14.3. The van der Waals surface area contributed by atoms with Gasteiger partial charge in [0.05, 0.1) is 51.5 Å². The van der Waals surface area contributed by atoms with E-state index < -0.39 is 299 Å². The number of carbonyl (C=O) groups excluding carboxylic acids is 17. The van der Waals surface area contributed by atoms with Crippen LogP contribution in [0.25, 0.3) is 0 Å². The smallest absolute Gasteiger partial charge is 0.326 e. The van der Waals surface area contributed by atoms with Crippen molar-refractivity contribution < 1.29 is 141 Å². The first-order chi connectivity index (χ1) is 55.0. The van der Waals surface area contributed by atoms with Gasteiger partial charge in [-0.3, -0.25) is 101 Å². The number of aliphatic hydroxyl groups excluding tert-OH is 2. The van der Waals surface area contributed by atoms with E-state index in [4.69, 9.17) is 39.5 Å². The van der Waals surface area contributed by atoms with Crippen molar-refractivity contribution >= 4 is 130 Å². The van der Waals surface area contributed by atoms with Gasteiger partial charge in [0.1, 0.15) is 78.5 Å². The fourth-order valence-electron chi connectivity index (χ4n) is 11.2. The maximum Gasteiger partial charge on any atom is 0.326 e. The standard InChI is InChI=1S/C68H104N20O29/c1-32(76-58(106)36(13-6-8-22-70)79-56(104)34(71)15-18-51(95)96)55(103)78-35(12-5-7-21-69)57(105)75-29-50(94)77-42(26-48(73)92)67(115)88-23-9-14-46(88)66(114)81-38(17-20-53(99)100)60(108)86-45(31-90)65(113)87-44(30-89)64(112)82-39(24-33-10-3-2-4-11-33)61(109)83-40(25-47(72)91)62(110)84-41(28-54(101)102)63(111)80-37(16-19-52(97)98)59(107)85-43(68(116)117)27-49(74)93/h2-4,10-11,32,34-46,89-90H,5-9,12-31,69-71H2,1H3,(H2,72,91)(H2,73,92)(H2,74,93)(H,75,105)(H,76,106)(H,77,94)(H,78,103)(H,79,104)(H,80,111)(H,81,114)(H,82,112)(H,83,109)(H,84,110)(H,85,107)(H,86,108)(H,87,113)(H,95,96)(H,97,98)(H,99,100)(H,101,102)(H,116,117)/t32-,34-,35-,36-,37-,38-,39-,40-,41-,42-,43-,44-,45-,46-/m0/s1. The number of benzene rings is 1. The molecular weight excluding hydrogens is 1560 g/mol. The molecule has 117 heavy (non-hydrogen) atoms. The van der Waals surface area contributed by atoms with Crippen molar-refractivity contribution in [3.8, 4) is 0 Å². The van der Waals surface area contributed by atoms with Crippen molar-refractivity contribution in [3.05, 3.63) is 35.9 Å². The first-order valence-electron chi connectivity index (χ1n) is 36.6. The Labute approximate surface area is 666 Å². The molecule has 650 valence electrons. The number of nitrogens with one attached hydrogen (secondary N) is 13. The van der Waals surface area contributed by atoms with Crippen molar-refractivity contribution in [3.63, 3.8) is 0 Å². The van der Waals surface area contributed by atoms with Crippen LogP contribution in [0, 0.1) is 0 Å². The minimum atomic E-state index is -2.26. The number of carbonyl (C=O) groups is 22. The van der Waals surface area contributed by atoms with Gasteiger partial charge in [0.2, 0.25) is 100 Å². The van der Waals surface area contributed by atoms with E-state index in [1.165, 1.54) is 31.2 Å². The van der Waals surface area contributed by atoms with Crippen LogP contribution in [0.1, 0.15) is 128 Å². The van der Waals surface area contributed by atoms with Gasteiger partial charge >= 0.3 is 29.8 Å². The predicted octanol–water partition coefficient (Wildman–Crippen LogP) is -12.5. The SMILES string of the molecule is C[C@H](NC(=O)[C@H](CCCCN)NC(=O)[C@@H](N)CCC(=O)O)C(=O)N[C@@H](CCCCN)C(=O)NCC(=O)N[C@@H](CC(N)=O)C(=O)N1CCC[C@H]1C(=O)N[C@@H](CCC(=O)O)C(=O)N[C@@H](CO)C(=O)N[C@@H](CO)C(=O)N[C@@H](Cc1ccccc1)C(=O)N[C@@H](CC(N)=O)C(=O)N[C@@H](CC(=O)O)C(=O)N[C@@H](CCC(=O)O)C(=O)N[C@@H](CC(N)=O)C(=O)O. The number of primary amides is 3. The number of nitrogens with two attached hydrogens (primary N) is 6. The molecule has 0 spiro atoms. The Morgan fingerprint density at radius 1 is 0.410 bits per heavy atom. The maximum atomic E-state index is 14.3. The molecule has 1 saturated heterocycles. The van der Waals surface area contributed by atoms with Crippen LogP contribution in [0.5, 0.6) is 0 Å². The van der Waals surface area contributed by atoms with Gasteiger partial charge in [-0.1, -0.05) is 30.3 Å². The predicted molar refractivity (Wildman–Crippen MR) is 397 cm³/mol. The van der Waals surface area contributed by atoms with E-state index in [1.807, 2.05) is 21.3 Å². The molecule has 0 unspecified atom stereocenters. The lowest BCUT2D eigenvalue weighted by atomic mass is 10.0. The van der Waals surface area contributed by atoms with Gasteiger partial charge < -0.3 is 144 Å². The Kier molecular flexibility index (Phi) is 44.6. The molecule has 32 N–H and O–H groups in total. The summed E-state index contributed by atoms with van der Waals surface area (Å²) in [6.07, 6.45) is -7.59. The van der Waals surface area contributed by atoms with Crippen molar-refractivity contribution in [1.82, 2.24) is 74.0 Å². The number of hydrogen-bond donors (Lipinski definition) is 26. The molecule has 0 radical (unpaired) electrons. The van der Waals surface area contributed by atoms with E-state index in [2.05, 4.69) is 47.9 Å². The average molecular weight is 1670 g/mol. The summed E-state index contributed by atoms with van der Waals surface area (Å²) in [5.74, 6) is -28.6. The molecule has 49 heteroatoms. The number of rotatable bonds is 57. The lowest BCUT2D eigenvalue weighted by Crippen LogP contribution is -2.62. The summed E-state index contributed by atoms with van der Waals surface area (Å²) < 4.78 is 0. The van der Waals surface area contributed by atoms with E-state index >= 15 is 0 Å². The second-order valence-corrected chi connectivity index (χ2v) is 26.8. The fraction of sp³-hybridized carbons (Fsp3) is 0.588. The molecule has 1 aliphatic rings. The van der Waals surface area contributed by atoms with Crippen molar-refractivity contribution in [2.75, 3.05) is 39.4 Å². The fourth-order valence-corrected chi connectivity index (χ4v) is 11.2. The van der Waals surface area contributed by atoms with Crippen LogP contribution in [-0.4, -0.2) is 295 Å².